The van der Waals surface area contributed by atoms with Gasteiger partial charge in [-0.2, -0.15) is 0 Å². The summed E-state index contributed by atoms with van der Waals surface area (Å²) in [6, 6.07) is 14.9. The molecule has 5 N–H and O–H groups in total. The van der Waals surface area contributed by atoms with Crippen molar-refractivity contribution in [3.05, 3.63) is 76.4 Å². The van der Waals surface area contributed by atoms with Gasteiger partial charge in [-0.3, -0.25) is 48.4 Å². The number of anilines is 1. The van der Waals surface area contributed by atoms with Crippen LogP contribution in [0.25, 0.3) is 11.3 Å². The molecule has 476 valence electrons. The zero-order chi connectivity index (χ0) is 61.8. The maximum atomic E-state index is 14.4. The lowest BCUT2D eigenvalue weighted by Gasteiger charge is -2.43. The molecule has 3 amide bonds. The number of carboxylic acid groups (broad SMARTS) is 3. The summed E-state index contributed by atoms with van der Waals surface area (Å²) in [5, 5.41) is 34.5. The minimum Gasteiger partial charge on any atom is -0.493 e. The maximum Gasteiger partial charge on any atom is 0.317 e. The Morgan fingerprint density at radius 1 is 0.663 bits per heavy atom. The summed E-state index contributed by atoms with van der Waals surface area (Å²) in [5.74, 6) is -3.52. The van der Waals surface area contributed by atoms with E-state index in [0.29, 0.717) is 116 Å². The Morgan fingerprint density at radius 3 is 1.80 bits per heavy atom. The maximum absolute atomic E-state index is 14.4. The van der Waals surface area contributed by atoms with Crippen molar-refractivity contribution in [3.63, 3.8) is 0 Å². The summed E-state index contributed by atoms with van der Waals surface area (Å²) >= 11 is 6.02. The molecular formula is C59H85ClF2N10O14. The SMILES string of the molecule is CCOc1ccccc1-c1ccc(N2CCN(C(=O)c3ccc(Cl)cc3C(F)F)C[C@H]2CC)c(C(=O)N[C@@H]2CCN(CCCOCCOCCOCCOCCNC(=O)CN3CCN(CC(=O)O)CCN(CC(=O)O)CCN(CC(=O)O)CC3)C2)n1. The van der Waals surface area contributed by atoms with Crippen LogP contribution in [-0.2, 0) is 38.1 Å². The predicted molar refractivity (Wildman–Crippen MR) is 316 cm³/mol. The van der Waals surface area contributed by atoms with Gasteiger partial charge in [0.2, 0.25) is 5.91 Å². The molecule has 3 saturated heterocycles. The number of carbonyl (C=O) groups is 6. The van der Waals surface area contributed by atoms with Crippen molar-refractivity contribution in [2.45, 2.75) is 51.6 Å². The summed E-state index contributed by atoms with van der Waals surface area (Å²) in [5.41, 5.74) is 1.68. The fraction of sp³-hybridized carbons (Fsp3) is 0.610. The van der Waals surface area contributed by atoms with Crippen LogP contribution in [0.3, 0.4) is 0 Å². The van der Waals surface area contributed by atoms with Crippen LogP contribution in [0.1, 0.15) is 65.9 Å². The van der Waals surface area contributed by atoms with E-state index in [0.717, 1.165) is 37.6 Å². The number of aliphatic carboxylic acids is 3. The molecule has 4 heterocycles. The van der Waals surface area contributed by atoms with Crippen LogP contribution in [0.4, 0.5) is 14.5 Å². The Morgan fingerprint density at radius 2 is 1.23 bits per heavy atom. The average Bonchev–Trinajstić information content (AvgIpc) is 2.97. The van der Waals surface area contributed by atoms with Gasteiger partial charge in [-0.05, 0) is 68.7 Å². The van der Waals surface area contributed by atoms with E-state index in [9.17, 15) is 52.9 Å². The summed E-state index contributed by atoms with van der Waals surface area (Å²) < 4.78 is 56.7. The second kappa shape index (κ2) is 36.8. The highest BCUT2D eigenvalue weighted by molar-refractivity contribution is 6.30. The number of nitrogens with one attached hydrogen (secondary N) is 2. The minimum atomic E-state index is -2.87. The van der Waals surface area contributed by atoms with Crippen molar-refractivity contribution in [2.75, 3.05) is 189 Å². The number of rotatable bonds is 33. The Kier molecular flexibility index (Phi) is 29.5. The quantitative estimate of drug-likeness (QED) is 0.0548. The molecule has 2 atom stereocenters. The summed E-state index contributed by atoms with van der Waals surface area (Å²) in [4.78, 5) is 93.6. The zero-order valence-corrected chi connectivity index (χ0v) is 50.1. The number of aromatic nitrogens is 1. The lowest BCUT2D eigenvalue weighted by atomic mass is 10.0. The first-order valence-corrected chi connectivity index (χ1v) is 29.9. The van der Waals surface area contributed by atoms with Crippen molar-refractivity contribution in [1.29, 1.82) is 0 Å². The lowest BCUT2D eigenvalue weighted by Crippen LogP contribution is -2.55. The number of piperazine rings is 1. The van der Waals surface area contributed by atoms with Crippen molar-refractivity contribution >= 4 is 52.9 Å². The number of amides is 3. The molecule has 1 aromatic heterocycles. The molecule has 6 rings (SSSR count). The van der Waals surface area contributed by atoms with Gasteiger partial charge in [0.1, 0.15) is 5.75 Å². The molecule has 86 heavy (non-hydrogen) atoms. The third kappa shape index (κ3) is 23.1. The molecule has 3 aromatic rings. The molecule has 3 aliphatic rings. The molecule has 0 aliphatic carbocycles. The second-order valence-corrected chi connectivity index (χ2v) is 21.7. The molecule has 3 fully saturated rings. The average molecular weight is 1230 g/mol. The molecule has 0 spiro atoms. The van der Waals surface area contributed by atoms with Crippen LogP contribution >= 0.6 is 11.6 Å². The number of pyridine rings is 1. The van der Waals surface area contributed by atoms with Crippen molar-refractivity contribution < 1.29 is 76.6 Å². The van der Waals surface area contributed by atoms with Gasteiger partial charge in [-0.15, -0.1) is 0 Å². The van der Waals surface area contributed by atoms with Gasteiger partial charge in [0.25, 0.3) is 18.2 Å². The van der Waals surface area contributed by atoms with Gasteiger partial charge < -0.3 is 64.3 Å². The third-order valence-corrected chi connectivity index (χ3v) is 15.2. The predicted octanol–water partition coefficient (Wildman–Crippen LogP) is 3.33. The number of carbonyl (C=O) groups excluding carboxylic acids is 3. The molecule has 27 heteroatoms. The topological polar surface area (TPSA) is 269 Å². The van der Waals surface area contributed by atoms with E-state index in [2.05, 4.69) is 20.4 Å². The molecule has 0 bridgehead atoms. The molecule has 24 nitrogen and oxygen atoms in total. The van der Waals surface area contributed by atoms with Crippen molar-refractivity contribution in [2.24, 2.45) is 0 Å². The van der Waals surface area contributed by atoms with Crippen LogP contribution in [0, 0.1) is 0 Å². The highest BCUT2D eigenvalue weighted by atomic mass is 35.5. The summed E-state index contributed by atoms with van der Waals surface area (Å²) in [7, 11) is 0. The first-order chi connectivity index (χ1) is 41.5. The normalized spacial score (nSPS) is 18.2. The van der Waals surface area contributed by atoms with Crippen LogP contribution in [0.15, 0.2) is 54.6 Å². The molecule has 0 unspecified atom stereocenters. The first-order valence-electron chi connectivity index (χ1n) is 29.5. The standard InChI is InChI=1S/C59H85ClF2N10O14/c1-3-45-38-71(59(81)46-11-10-43(60)36-48(46)57(61)62)26-27-72(45)50-13-12-49(47-8-5-6-9-51(47)86-4-2)65-56(50)58(80)64-44-14-17-66(37-44)16-7-28-82-30-32-84-34-35-85-33-31-83-29-15-63-52(73)39-67-18-20-68(40-53(74)75)22-24-70(42-55(78)79)25-23-69(21-19-67)41-54(76)77/h5-6,8-13,36,44-45,57H,3-4,7,14-35,37-42H2,1-2H3,(H,63,73)(H,64,80)(H,74,75)(H,76,77)(H,78,79)/t44-,45-/m1/s1. The Hall–Kier alpha value is -6.20. The van der Waals surface area contributed by atoms with E-state index in [1.807, 2.05) is 55.1 Å². The zero-order valence-electron chi connectivity index (χ0n) is 49.4. The van der Waals surface area contributed by atoms with E-state index in [-0.39, 0.29) is 119 Å². The molecule has 0 radical (unpaired) electrons. The number of carboxylic acids is 3. The third-order valence-electron chi connectivity index (χ3n) is 15.0. The largest absolute Gasteiger partial charge is 0.493 e. The van der Waals surface area contributed by atoms with Gasteiger partial charge in [0.05, 0.1) is 90.4 Å². The number of nitrogens with zero attached hydrogens (tertiary/aromatic N) is 8. The van der Waals surface area contributed by atoms with Crippen LogP contribution < -0.4 is 20.3 Å². The van der Waals surface area contributed by atoms with E-state index < -0.39 is 35.8 Å². The number of likely N-dealkylation sites (tertiary alicyclic amines) is 1. The minimum absolute atomic E-state index is 0.0107. The van der Waals surface area contributed by atoms with E-state index >= 15 is 0 Å². The monoisotopic (exact) mass is 1230 g/mol. The van der Waals surface area contributed by atoms with Crippen LogP contribution in [-0.4, -0.2) is 281 Å². The number of para-hydroxylation sites is 1. The fourth-order valence-electron chi connectivity index (χ4n) is 10.6. The van der Waals surface area contributed by atoms with Crippen LogP contribution in [0.2, 0.25) is 5.02 Å². The van der Waals surface area contributed by atoms with Gasteiger partial charge in [0, 0.05) is 139 Å². The van der Waals surface area contributed by atoms with Gasteiger partial charge in [-0.1, -0.05) is 30.7 Å². The highest BCUT2D eigenvalue weighted by Crippen LogP contribution is 2.34. The van der Waals surface area contributed by atoms with E-state index in [4.69, 9.17) is 40.3 Å². The van der Waals surface area contributed by atoms with Crippen molar-refractivity contribution in [3.8, 4) is 17.0 Å². The first kappa shape index (κ1) is 68.9. The van der Waals surface area contributed by atoms with Gasteiger partial charge >= 0.3 is 17.9 Å². The fourth-order valence-corrected chi connectivity index (χ4v) is 10.8. The smallest absolute Gasteiger partial charge is 0.317 e. The van der Waals surface area contributed by atoms with E-state index in [1.165, 1.54) is 12.1 Å². The molecule has 2 aromatic carbocycles. The van der Waals surface area contributed by atoms with E-state index in [1.54, 1.807) is 19.6 Å². The molecule has 3 aliphatic heterocycles. The Bertz CT molecular complexity index is 2620. The van der Waals surface area contributed by atoms with Crippen molar-refractivity contribution in [1.82, 2.24) is 45.0 Å². The summed E-state index contributed by atoms with van der Waals surface area (Å²) in [6.07, 6.45) is -0.728. The highest BCUT2D eigenvalue weighted by Gasteiger charge is 2.35. The van der Waals surface area contributed by atoms with Gasteiger partial charge in [-0.25, -0.2) is 13.8 Å². The Balaban J connectivity index is 0.851. The number of halogens is 3. The van der Waals surface area contributed by atoms with Gasteiger partial charge in [0.15, 0.2) is 5.69 Å². The molecule has 0 saturated carbocycles. The number of hydrogen-bond acceptors (Lipinski definition) is 18. The van der Waals surface area contributed by atoms with Crippen LogP contribution in [0.5, 0.6) is 5.75 Å². The number of ether oxygens (including phenoxy) is 5. The number of benzene rings is 2. The molecular weight excluding hydrogens is 1150 g/mol. The lowest BCUT2D eigenvalue weighted by molar-refractivity contribution is -0.140. The number of hydrogen-bond donors (Lipinski definition) is 5. The Labute approximate surface area is 506 Å². The number of alkyl halides is 2. The summed E-state index contributed by atoms with van der Waals surface area (Å²) in [6.45, 7) is 12.3. The second-order valence-electron chi connectivity index (χ2n) is 21.2.